The number of ether oxygens (including phenoxy) is 2. The molecule has 0 saturated carbocycles. The van der Waals surface area contributed by atoms with Crippen molar-refractivity contribution in [3.05, 3.63) is 75.5 Å². The smallest absolute Gasteiger partial charge is 0.271 e. The van der Waals surface area contributed by atoms with Crippen LogP contribution in [0.1, 0.15) is 21.7 Å². The number of amides is 1. The van der Waals surface area contributed by atoms with Crippen LogP contribution in [0.15, 0.2) is 58.0 Å². The third-order valence-corrected chi connectivity index (χ3v) is 4.30. The number of hydrazone groups is 1. The number of carbonyl (C=O) groups excluding carboxylic acids is 1. The Hall–Kier alpha value is -4.14. The van der Waals surface area contributed by atoms with Gasteiger partial charge in [0.1, 0.15) is 23.0 Å². The summed E-state index contributed by atoms with van der Waals surface area (Å²) >= 11 is 0. The second-order valence-electron chi connectivity index (χ2n) is 6.26. The first-order valence-corrected chi connectivity index (χ1v) is 8.83. The van der Waals surface area contributed by atoms with Crippen LogP contribution in [-0.4, -0.2) is 31.3 Å². The minimum absolute atomic E-state index is 0.0248. The maximum absolute atomic E-state index is 12.3. The van der Waals surface area contributed by atoms with Gasteiger partial charge in [0.15, 0.2) is 0 Å². The third-order valence-electron chi connectivity index (χ3n) is 4.30. The van der Waals surface area contributed by atoms with Gasteiger partial charge in [0.25, 0.3) is 11.6 Å². The Morgan fingerprint density at radius 2 is 1.80 bits per heavy atom. The maximum atomic E-state index is 12.3. The van der Waals surface area contributed by atoms with E-state index in [4.69, 9.17) is 13.9 Å². The van der Waals surface area contributed by atoms with Crippen LogP contribution in [0, 0.1) is 17.0 Å². The van der Waals surface area contributed by atoms with Gasteiger partial charge in [-0.15, -0.1) is 0 Å². The summed E-state index contributed by atoms with van der Waals surface area (Å²) in [6, 6.07) is 12.7. The van der Waals surface area contributed by atoms with E-state index in [0.29, 0.717) is 34.1 Å². The third kappa shape index (κ3) is 4.64. The molecule has 0 aliphatic rings. The highest BCUT2D eigenvalue weighted by Gasteiger charge is 2.13. The van der Waals surface area contributed by atoms with Crippen LogP contribution in [-0.2, 0) is 0 Å². The van der Waals surface area contributed by atoms with Gasteiger partial charge in [0.05, 0.1) is 25.4 Å². The molecule has 1 N–H and O–H groups in total. The van der Waals surface area contributed by atoms with Crippen molar-refractivity contribution in [2.24, 2.45) is 5.10 Å². The lowest BCUT2D eigenvalue weighted by Crippen LogP contribution is -2.17. The van der Waals surface area contributed by atoms with Crippen molar-refractivity contribution in [3.8, 4) is 22.8 Å². The fourth-order valence-corrected chi connectivity index (χ4v) is 2.71. The molecule has 154 valence electrons. The van der Waals surface area contributed by atoms with Gasteiger partial charge < -0.3 is 13.9 Å². The Kier molecular flexibility index (Phi) is 6.11. The van der Waals surface area contributed by atoms with E-state index >= 15 is 0 Å². The summed E-state index contributed by atoms with van der Waals surface area (Å²) in [7, 11) is 2.98. The first-order valence-electron chi connectivity index (χ1n) is 8.83. The fraction of sp³-hybridized carbons (Fsp3) is 0.143. The van der Waals surface area contributed by atoms with Crippen molar-refractivity contribution in [1.29, 1.82) is 0 Å². The first-order chi connectivity index (χ1) is 14.4. The predicted molar refractivity (Wildman–Crippen MR) is 110 cm³/mol. The molecule has 0 aliphatic carbocycles. The first kappa shape index (κ1) is 20.6. The van der Waals surface area contributed by atoms with E-state index in [0.717, 1.165) is 5.56 Å². The lowest BCUT2D eigenvalue weighted by atomic mass is 10.1. The van der Waals surface area contributed by atoms with E-state index in [9.17, 15) is 14.9 Å². The van der Waals surface area contributed by atoms with Crippen molar-refractivity contribution in [3.63, 3.8) is 0 Å². The Morgan fingerprint density at radius 1 is 1.10 bits per heavy atom. The number of hydrogen-bond acceptors (Lipinski definition) is 7. The molecule has 3 rings (SSSR count). The van der Waals surface area contributed by atoms with E-state index in [1.54, 1.807) is 36.4 Å². The van der Waals surface area contributed by atoms with Crippen LogP contribution in [0.2, 0.25) is 0 Å². The number of nitro benzene ring substituents is 1. The zero-order chi connectivity index (χ0) is 21.7. The van der Waals surface area contributed by atoms with E-state index < -0.39 is 10.8 Å². The summed E-state index contributed by atoms with van der Waals surface area (Å²) in [6.07, 6.45) is 1.34. The SMILES string of the molecule is COc1cc(OC)cc(C(=O)NN=Cc2ccc(-c3cc([N+](=O)[O-])ccc3C)o2)c1. The number of carbonyl (C=O) groups is 1. The van der Waals surface area contributed by atoms with Crippen LogP contribution >= 0.6 is 0 Å². The number of furan rings is 1. The van der Waals surface area contributed by atoms with E-state index in [-0.39, 0.29) is 5.69 Å². The Balaban J connectivity index is 1.73. The molecule has 9 heteroatoms. The summed E-state index contributed by atoms with van der Waals surface area (Å²) in [5, 5.41) is 14.9. The number of hydrogen-bond donors (Lipinski definition) is 1. The summed E-state index contributed by atoms with van der Waals surface area (Å²) in [4.78, 5) is 22.9. The molecule has 0 saturated heterocycles. The van der Waals surface area contributed by atoms with Gasteiger partial charge in [-0.1, -0.05) is 6.07 Å². The van der Waals surface area contributed by atoms with Crippen LogP contribution < -0.4 is 14.9 Å². The minimum Gasteiger partial charge on any atom is -0.497 e. The molecule has 1 aromatic heterocycles. The second-order valence-corrected chi connectivity index (χ2v) is 6.26. The van der Waals surface area contributed by atoms with Gasteiger partial charge in [-0.05, 0) is 36.8 Å². The molecule has 0 spiro atoms. The zero-order valence-corrected chi connectivity index (χ0v) is 16.5. The number of nitrogens with one attached hydrogen (secondary N) is 1. The number of rotatable bonds is 7. The molecule has 30 heavy (non-hydrogen) atoms. The minimum atomic E-state index is -0.461. The number of non-ortho nitro benzene ring substituents is 1. The maximum Gasteiger partial charge on any atom is 0.271 e. The molecule has 0 unspecified atom stereocenters. The molecule has 2 aromatic carbocycles. The number of benzene rings is 2. The molecule has 1 amide bonds. The van der Waals surface area contributed by atoms with Gasteiger partial charge in [-0.25, -0.2) is 5.43 Å². The average molecular weight is 409 g/mol. The van der Waals surface area contributed by atoms with Gasteiger partial charge >= 0.3 is 0 Å². The van der Waals surface area contributed by atoms with Crippen LogP contribution in [0.5, 0.6) is 11.5 Å². The highest BCUT2D eigenvalue weighted by molar-refractivity contribution is 5.95. The highest BCUT2D eigenvalue weighted by atomic mass is 16.6. The van der Waals surface area contributed by atoms with E-state index in [1.165, 1.54) is 32.6 Å². The Labute approximate surface area is 172 Å². The highest BCUT2D eigenvalue weighted by Crippen LogP contribution is 2.29. The summed E-state index contributed by atoms with van der Waals surface area (Å²) in [6.45, 7) is 1.83. The second kappa shape index (κ2) is 8.91. The number of nitro groups is 1. The Bertz CT molecular complexity index is 1100. The van der Waals surface area contributed by atoms with Crippen molar-refractivity contribution in [2.45, 2.75) is 6.92 Å². The van der Waals surface area contributed by atoms with Crippen LogP contribution in [0.25, 0.3) is 11.3 Å². The summed E-state index contributed by atoms with van der Waals surface area (Å²) in [5.74, 6) is 1.34. The number of aryl methyl sites for hydroxylation is 1. The van der Waals surface area contributed by atoms with Crippen molar-refractivity contribution in [1.82, 2.24) is 5.43 Å². The molecule has 0 bridgehead atoms. The van der Waals surface area contributed by atoms with Crippen molar-refractivity contribution >= 4 is 17.8 Å². The quantitative estimate of drug-likeness (QED) is 0.359. The standard InChI is InChI=1S/C21H19N3O6/c1-13-4-5-15(24(26)27)10-19(13)20-7-6-16(30-20)12-22-23-21(25)14-8-17(28-2)11-18(9-14)29-3/h4-12H,1-3H3,(H,23,25). The molecule has 0 aliphatic heterocycles. The topological polar surface area (TPSA) is 116 Å². The fourth-order valence-electron chi connectivity index (χ4n) is 2.71. The molecule has 3 aromatic rings. The summed E-state index contributed by atoms with van der Waals surface area (Å²) < 4.78 is 16.0. The van der Waals surface area contributed by atoms with Gasteiger partial charge in [0.2, 0.25) is 0 Å². The number of methoxy groups -OCH3 is 2. The largest absolute Gasteiger partial charge is 0.497 e. The molecule has 0 radical (unpaired) electrons. The zero-order valence-electron chi connectivity index (χ0n) is 16.5. The monoisotopic (exact) mass is 409 g/mol. The van der Waals surface area contributed by atoms with E-state index in [2.05, 4.69) is 10.5 Å². The van der Waals surface area contributed by atoms with Crippen LogP contribution in [0.4, 0.5) is 5.69 Å². The van der Waals surface area contributed by atoms with E-state index in [1.807, 2.05) is 6.92 Å². The molecular weight excluding hydrogens is 390 g/mol. The lowest BCUT2D eigenvalue weighted by molar-refractivity contribution is -0.384. The molecule has 9 nitrogen and oxygen atoms in total. The molecule has 0 atom stereocenters. The van der Waals surface area contributed by atoms with Crippen molar-refractivity contribution in [2.75, 3.05) is 14.2 Å². The average Bonchev–Trinajstić information content (AvgIpc) is 3.21. The predicted octanol–water partition coefficient (Wildman–Crippen LogP) is 3.94. The molecular formula is C21H19N3O6. The summed E-state index contributed by atoms with van der Waals surface area (Å²) in [5.41, 5.74) is 4.14. The van der Waals surface area contributed by atoms with Crippen LogP contribution in [0.3, 0.4) is 0 Å². The van der Waals surface area contributed by atoms with Crippen molar-refractivity contribution < 1.29 is 23.6 Å². The lowest BCUT2D eigenvalue weighted by Gasteiger charge is -2.07. The van der Waals surface area contributed by atoms with Gasteiger partial charge in [-0.2, -0.15) is 5.10 Å². The normalized spacial score (nSPS) is 10.8. The molecule has 0 fully saturated rings. The van der Waals surface area contributed by atoms with Gasteiger partial charge in [-0.3, -0.25) is 14.9 Å². The number of nitrogens with zero attached hydrogens (tertiary/aromatic N) is 2. The Morgan fingerprint density at radius 3 is 2.43 bits per heavy atom. The van der Waals surface area contributed by atoms with Gasteiger partial charge in [0, 0.05) is 29.3 Å². The molecule has 1 heterocycles.